The standard InChI is InChI=1S/C72H54N2/c1-3-14-67(4-2)73(69-45-37-63(38-46-69)53-15-8-5-9-16-53)70-47-41-65(42-48-70)61-33-29-59(30-34-61)57-25-21-55(22-26-57)56-23-27-58(28-24-56)60-31-35-62(36-32-60)66-43-51-72(52-44-66)74(68-19-12-7-13-20-68)71-49-39-64(40-50-71)54-17-10-6-11-18-54/h3-52H,1-2H2/b67-14+. The molecule has 0 unspecified atom stereocenters. The Labute approximate surface area is 436 Å². The van der Waals surface area contributed by atoms with Crippen molar-refractivity contribution in [3.63, 3.8) is 0 Å². The fourth-order valence-corrected chi connectivity index (χ4v) is 9.72. The lowest BCUT2D eigenvalue weighted by molar-refractivity contribution is 1.21. The Morgan fingerprint density at radius 2 is 0.432 bits per heavy atom. The Hall–Kier alpha value is -9.76. The number of benzene rings is 11. The van der Waals surface area contributed by atoms with Crippen LogP contribution in [0.1, 0.15) is 0 Å². The number of rotatable bonds is 15. The molecule has 352 valence electrons. The third kappa shape index (κ3) is 10.2. The van der Waals surface area contributed by atoms with Crippen molar-refractivity contribution in [3.8, 4) is 77.9 Å². The highest BCUT2D eigenvalue weighted by molar-refractivity contribution is 5.82. The second kappa shape index (κ2) is 21.7. The number of hydrogen-bond donors (Lipinski definition) is 0. The zero-order chi connectivity index (χ0) is 50.1. The van der Waals surface area contributed by atoms with Crippen LogP contribution in [0, 0.1) is 0 Å². The molecule has 74 heavy (non-hydrogen) atoms. The van der Waals surface area contributed by atoms with Crippen molar-refractivity contribution in [3.05, 3.63) is 322 Å². The lowest BCUT2D eigenvalue weighted by Gasteiger charge is -2.26. The third-order valence-corrected chi connectivity index (χ3v) is 13.7. The highest BCUT2D eigenvalue weighted by atomic mass is 15.1. The van der Waals surface area contributed by atoms with E-state index >= 15 is 0 Å². The van der Waals surface area contributed by atoms with Gasteiger partial charge < -0.3 is 9.80 Å². The molecule has 0 aromatic heterocycles. The molecule has 11 aromatic carbocycles. The summed E-state index contributed by atoms with van der Waals surface area (Å²) in [4.78, 5) is 4.52. The van der Waals surface area contributed by atoms with Gasteiger partial charge >= 0.3 is 0 Å². The maximum Gasteiger partial charge on any atom is 0.0462 e. The molecule has 2 heteroatoms. The van der Waals surface area contributed by atoms with Crippen LogP contribution in [-0.2, 0) is 0 Å². The smallest absolute Gasteiger partial charge is 0.0462 e. The molecule has 0 radical (unpaired) electrons. The topological polar surface area (TPSA) is 6.48 Å². The summed E-state index contributed by atoms with van der Waals surface area (Å²) in [6, 6.07) is 102. The summed E-state index contributed by atoms with van der Waals surface area (Å²) >= 11 is 0. The van der Waals surface area contributed by atoms with E-state index in [1.54, 1.807) is 6.08 Å². The molecule has 11 rings (SSSR count). The monoisotopic (exact) mass is 946 g/mol. The van der Waals surface area contributed by atoms with E-state index < -0.39 is 0 Å². The van der Waals surface area contributed by atoms with Gasteiger partial charge in [-0.25, -0.2) is 0 Å². The largest absolute Gasteiger partial charge is 0.311 e. The summed E-state index contributed by atoms with van der Waals surface area (Å²) in [7, 11) is 0. The molecule has 0 heterocycles. The van der Waals surface area contributed by atoms with Crippen LogP contribution in [0.2, 0.25) is 0 Å². The zero-order valence-electron chi connectivity index (χ0n) is 41.2. The first kappa shape index (κ1) is 46.6. The summed E-state index contributed by atoms with van der Waals surface area (Å²) in [6.45, 7) is 8.08. The van der Waals surface area contributed by atoms with E-state index in [1.807, 2.05) is 18.2 Å². The van der Waals surface area contributed by atoms with Crippen molar-refractivity contribution in [1.82, 2.24) is 0 Å². The van der Waals surface area contributed by atoms with Crippen LogP contribution >= 0.6 is 0 Å². The zero-order valence-corrected chi connectivity index (χ0v) is 41.2. The van der Waals surface area contributed by atoms with Crippen LogP contribution in [0.4, 0.5) is 28.4 Å². The van der Waals surface area contributed by atoms with Gasteiger partial charge in [0.25, 0.3) is 0 Å². The van der Waals surface area contributed by atoms with E-state index in [2.05, 4.69) is 302 Å². The van der Waals surface area contributed by atoms with E-state index in [-0.39, 0.29) is 0 Å². The first-order valence-electron chi connectivity index (χ1n) is 25.1. The van der Waals surface area contributed by atoms with Gasteiger partial charge in [-0.2, -0.15) is 0 Å². The van der Waals surface area contributed by atoms with E-state index in [1.165, 1.54) is 66.8 Å². The Morgan fingerprint density at radius 3 is 0.676 bits per heavy atom. The summed E-state index contributed by atoms with van der Waals surface area (Å²) in [5.74, 6) is 0. The molecule has 0 saturated carbocycles. The normalized spacial score (nSPS) is 11.2. The molecule has 0 aliphatic heterocycles. The molecule has 0 amide bonds. The van der Waals surface area contributed by atoms with Crippen LogP contribution in [0.25, 0.3) is 77.9 Å². The van der Waals surface area contributed by atoms with Crippen LogP contribution in [0.15, 0.2) is 322 Å². The van der Waals surface area contributed by atoms with Gasteiger partial charge in [0.1, 0.15) is 0 Å². The lowest BCUT2D eigenvalue weighted by atomic mass is 9.96. The van der Waals surface area contributed by atoms with E-state index in [9.17, 15) is 0 Å². The van der Waals surface area contributed by atoms with Crippen molar-refractivity contribution in [2.75, 3.05) is 9.80 Å². The third-order valence-electron chi connectivity index (χ3n) is 13.7. The predicted octanol–water partition coefficient (Wildman–Crippen LogP) is 20.2. The van der Waals surface area contributed by atoms with E-state index in [4.69, 9.17) is 0 Å². The molecule has 0 saturated heterocycles. The number of anilines is 5. The van der Waals surface area contributed by atoms with Gasteiger partial charge in [0, 0.05) is 34.1 Å². The SMILES string of the molecule is C=C/C=C(\C=C)N(c1ccc(-c2ccccc2)cc1)c1ccc(-c2ccc(-c3ccc(-c4ccc(-c5ccc(-c6ccc(N(c7ccccc7)c7ccc(-c8ccccc8)cc7)cc6)cc5)cc4)cc3)cc2)cc1. The van der Waals surface area contributed by atoms with Gasteiger partial charge in [0.2, 0.25) is 0 Å². The Bertz CT molecular complexity index is 3640. The van der Waals surface area contributed by atoms with Crippen LogP contribution < -0.4 is 9.80 Å². The van der Waals surface area contributed by atoms with Gasteiger partial charge in [-0.1, -0.05) is 244 Å². The van der Waals surface area contributed by atoms with Crippen molar-refractivity contribution in [1.29, 1.82) is 0 Å². The van der Waals surface area contributed by atoms with E-state index in [0.717, 1.165) is 45.3 Å². The second-order valence-electron chi connectivity index (χ2n) is 18.3. The van der Waals surface area contributed by atoms with Crippen LogP contribution in [-0.4, -0.2) is 0 Å². The van der Waals surface area contributed by atoms with Crippen molar-refractivity contribution < 1.29 is 0 Å². The van der Waals surface area contributed by atoms with Crippen molar-refractivity contribution >= 4 is 28.4 Å². The van der Waals surface area contributed by atoms with Gasteiger partial charge in [-0.15, -0.1) is 0 Å². The van der Waals surface area contributed by atoms with E-state index in [0.29, 0.717) is 0 Å². The Balaban J connectivity index is 0.737. The highest BCUT2D eigenvalue weighted by Crippen LogP contribution is 2.38. The molecule has 0 fully saturated rings. The number of hydrogen-bond acceptors (Lipinski definition) is 2. The first-order valence-corrected chi connectivity index (χ1v) is 25.1. The second-order valence-corrected chi connectivity index (χ2v) is 18.3. The maximum atomic E-state index is 4.12. The summed E-state index contributed by atoms with van der Waals surface area (Å²) < 4.78 is 0. The fraction of sp³-hybridized carbons (Fsp3) is 0. The van der Waals surface area contributed by atoms with Crippen LogP contribution in [0.3, 0.4) is 0 Å². The molecule has 2 nitrogen and oxygen atoms in total. The summed E-state index contributed by atoms with van der Waals surface area (Å²) in [5.41, 5.74) is 23.0. The molecule has 0 atom stereocenters. The van der Waals surface area contributed by atoms with Gasteiger partial charge in [-0.05, 0) is 151 Å². The minimum Gasteiger partial charge on any atom is -0.311 e. The Morgan fingerprint density at radius 1 is 0.230 bits per heavy atom. The molecular formula is C72H54N2. The molecule has 0 aliphatic rings. The van der Waals surface area contributed by atoms with Gasteiger partial charge in [0.05, 0.1) is 0 Å². The average molecular weight is 947 g/mol. The number of nitrogens with zero attached hydrogens (tertiary/aromatic N) is 2. The average Bonchev–Trinajstić information content (AvgIpc) is 3.49. The summed E-state index contributed by atoms with van der Waals surface area (Å²) in [6.07, 6.45) is 5.66. The van der Waals surface area contributed by atoms with Crippen molar-refractivity contribution in [2.24, 2.45) is 0 Å². The Kier molecular flexibility index (Phi) is 13.7. The van der Waals surface area contributed by atoms with Gasteiger partial charge in [0.15, 0.2) is 0 Å². The minimum atomic E-state index is 0.947. The maximum absolute atomic E-state index is 4.12. The molecule has 0 bridgehead atoms. The molecule has 0 N–H and O–H groups in total. The number of para-hydroxylation sites is 1. The van der Waals surface area contributed by atoms with Crippen LogP contribution in [0.5, 0.6) is 0 Å². The summed E-state index contributed by atoms with van der Waals surface area (Å²) in [5, 5.41) is 0. The lowest BCUT2D eigenvalue weighted by Crippen LogP contribution is -2.14. The number of allylic oxidation sites excluding steroid dienone is 3. The molecule has 0 aliphatic carbocycles. The van der Waals surface area contributed by atoms with Gasteiger partial charge in [-0.3, -0.25) is 0 Å². The minimum absolute atomic E-state index is 0.947. The highest BCUT2D eigenvalue weighted by Gasteiger charge is 2.16. The first-order chi connectivity index (χ1) is 36.6. The molecule has 0 spiro atoms. The molecule has 11 aromatic rings. The quantitative estimate of drug-likeness (QED) is 0.0945. The van der Waals surface area contributed by atoms with Crippen molar-refractivity contribution in [2.45, 2.75) is 0 Å². The predicted molar refractivity (Wildman–Crippen MR) is 316 cm³/mol. The fourth-order valence-electron chi connectivity index (χ4n) is 9.72. The molecular weight excluding hydrogens is 893 g/mol.